The van der Waals surface area contributed by atoms with Gasteiger partial charge < -0.3 is 9.84 Å². The summed E-state index contributed by atoms with van der Waals surface area (Å²) >= 11 is 1.73. The third kappa shape index (κ3) is 1.45. The molecular formula is C11H12O2S. The Bertz CT molecular complexity index is 325. The van der Waals surface area contributed by atoms with Crippen molar-refractivity contribution in [3.05, 3.63) is 30.3 Å². The van der Waals surface area contributed by atoms with E-state index in [0.29, 0.717) is 12.2 Å². The van der Waals surface area contributed by atoms with Gasteiger partial charge in [0.25, 0.3) is 0 Å². The van der Waals surface area contributed by atoms with Gasteiger partial charge in [-0.05, 0) is 12.1 Å². The molecule has 1 aliphatic heterocycles. The lowest BCUT2D eigenvalue weighted by Crippen LogP contribution is -2.22. The third-order valence-corrected chi connectivity index (χ3v) is 4.21. The summed E-state index contributed by atoms with van der Waals surface area (Å²) in [5, 5.41) is 9.99. The van der Waals surface area contributed by atoms with Crippen LogP contribution in [0.5, 0.6) is 0 Å². The van der Waals surface area contributed by atoms with E-state index in [-0.39, 0.29) is 11.4 Å². The van der Waals surface area contributed by atoms with Crippen LogP contribution >= 0.6 is 11.8 Å². The number of rotatable bonds is 2. The summed E-state index contributed by atoms with van der Waals surface area (Å²) in [6.45, 7) is 0. The van der Waals surface area contributed by atoms with Crippen LogP contribution in [0.2, 0.25) is 0 Å². The lowest BCUT2D eigenvalue weighted by Gasteiger charge is -2.15. The monoisotopic (exact) mass is 208 g/mol. The van der Waals surface area contributed by atoms with E-state index in [1.165, 1.54) is 4.90 Å². The Kier molecular flexibility index (Phi) is 2.04. The van der Waals surface area contributed by atoms with Gasteiger partial charge in [-0.1, -0.05) is 18.2 Å². The molecule has 1 heterocycles. The first-order valence-electron chi connectivity index (χ1n) is 4.90. The lowest BCUT2D eigenvalue weighted by atomic mass is 10.3. The molecule has 0 radical (unpaired) electrons. The number of epoxide rings is 1. The smallest absolute Gasteiger partial charge is 0.0989 e. The Balaban J connectivity index is 1.72. The maximum atomic E-state index is 9.75. The molecule has 2 fully saturated rings. The highest BCUT2D eigenvalue weighted by atomic mass is 32.2. The van der Waals surface area contributed by atoms with Crippen molar-refractivity contribution in [2.24, 2.45) is 0 Å². The van der Waals surface area contributed by atoms with Gasteiger partial charge in [-0.15, -0.1) is 11.8 Å². The van der Waals surface area contributed by atoms with E-state index < -0.39 is 0 Å². The van der Waals surface area contributed by atoms with Crippen LogP contribution in [0.3, 0.4) is 0 Å². The third-order valence-electron chi connectivity index (χ3n) is 2.81. The Labute approximate surface area is 87.3 Å². The predicted molar refractivity (Wildman–Crippen MR) is 55.4 cm³/mol. The van der Waals surface area contributed by atoms with Gasteiger partial charge in [0.1, 0.15) is 0 Å². The molecule has 2 aliphatic rings. The summed E-state index contributed by atoms with van der Waals surface area (Å²) in [6, 6.07) is 10.2. The fourth-order valence-corrected chi connectivity index (χ4v) is 3.30. The predicted octanol–water partition coefficient (Wildman–Crippen LogP) is 1.68. The number of ether oxygens (including phenoxy) is 1. The highest BCUT2D eigenvalue weighted by molar-refractivity contribution is 8.00. The Morgan fingerprint density at radius 2 is 2.07 bits per heavy atom. The quantitative estimate of drug-likeness (QED) is 0.751. The molecule has 0 bridgehead atoms. The fraction of sp³-hybridized carbons (Fsp3) is 0.455. The highest BCUT2D eigenvalue weighted by Crippen LogP contribution is 2.46. The minimum absolute atomic E-state index is 0.191. The molecule has 4 atom stereocenters. The van der Waals surface area contributed by atoms with Gasteiger partial charge in [-0.25, -0.2) is 0 Å². The van der Waals surface area contributed by atoms with Gasteiger partial charge in [0, 0.05) is 11.3 Å². The number of hydrogen-bond acceptors (Lipinski definition) is 3. The van der Waals surface area contributed by atoms with Gasteiger partial charge in [-0.3, -0.25) is 0 Å². The van der Waals surface area contributed by atoms with Crippen molar-refractivity contribution in [2.45, 2.75) is 34.9 Å². The first-order valence-corrected chi connectivity index (χ1v) is 5.78. The van der Waals surface area contributed by atoms with Crippen LogP contribution in [0.15, 0.2) is 35.2 Å². The maximum Gasteiger partial charge on any atom is 0.0989 e. The van der Waals surface area contributed by atoms with Crippen molar-refractivity contribution >= 4 is 11.8 Å². The molecule has 2 nitrogen and oxygen atoms in total. The first kappa shape index (κ1) is 8.77. The molecule has 0 aromatic heterocycles. The molecule has 74 valence electrons. The van der Waals surface area contributed by atoms with Crippen LogP contribution in [-0.2, 0) is 4.74 Å². The van der Waals surface area contributed by atoms with Crippen LogP contribution in [0, 0.1) is 0 Å². The average Bonchev–Trinajstić information content (AvgIpc) is 2.89. The van der Waals surface area contributed by atoms with Crippen LogP contribution < -0.4 is 0 Å². The zero-order valence-corrected chi connectivity index (χ0v) is 8.48. The van der Waals surface area contributed by atoms with Gasteiger partial charge in [0.15, 0.2) is 0 Å². The first-order chi connectivity index (χ1) is 6.84. The van der Waals surface area contributed by atoms with Crippen molar-refractivity contribution < 1.29 is 9.84 Å². The van der Waals surface area contributed by atoms with E-state index in [0.717, 1.165) is 6.42 Å². The maximum absolute atomic E-state index is 9.75. The second-order valence-corrected chi connectivity index (χ2v) is 5.09. The van der Waals surface area contributed by atoms with E-state index in [2.05, 4.69) is 12.1 Å². The van der Waals surface area contributed by atoms with Crippen LogP contribution in [0.25, 0.3) is 0 Å². The van der Waals surface area contributed by atoms with Crippen molar-refractivity contribution in [2.75, 3.05) is 0 Å². The van der Waals surface area contributed by atoms with Gasteiger partial charge in [0.05, 0.1) is 23.6 Å². The number of aliphatic hydroxyl groups is 1. The molecule has 3 rings (SSSR count). The van der Waals surface area contributed by atoms with Crippen molar-refractivity contribution in [1.82, 2.24) is 0 Å². The fourth-order valence-electron chi connectivity index (χ4n) is 2.03. The summed E-state index contributed by atoms with van der Waals surface area (Å²) in [7, 11) is 0. The topological polar surface area (TPSA) is 32.8 Å². The highest BCUT2D eigenvalue weighted by Gasteiger charge is 2.55. The zero-order chi connectivity index (χ0) is 9.54. The Hall–Kier alpha value is -0.510. The van der Waals surface area contributed by atoms with Crippen LogP contribution in [0.1, 0.15) is 6.42 Å². The summed E-state index contributed by atoms with van der Waals surface area (Å²) in [5.41, 5.74) is 0. The molecule has 1 N–H and O–H groups in total. The molecular weight excluding hydrogens is 196 g/mol. The molecule has 1 saturated carbocycles. The lowest BCUT2D eigenvalue weighted by molar-refractivity contribution is 0.135. The SMILES string of the molecule is O[C@@H]1C[C@H]2O[C@H]2[C@H]1Sc1ccccc1. The Morgan fingerprint density at radius 1 is 1.29 bits per heavy atom. The molecule has 1 aromatic rings. The molecule has 3 heteroatoms. The number of benzene rings is 1. The molecule has 0 unspecified atom stereocenters. The summed E-state index contributed by atoms with van der Waals surface area (Å²) in [6.07, 6.45) is 1.26. The van der Waals surface area contributed by atoms with E-state index in [1.807, 2.05) is 18.2 Å². The standard InChI is InChI=1S/C11H12O2S/c12-8-6-9-10(13-9)11(8)14-7-4-2-1-3-5-7/h1-5,8-12H,6H2/t8-,9-,10-,11+/m1/s1. The van der Waals surface area contributed by atoms with E-state index in [1.54, 1.807) is 11.8 Å². The van der Waals surface area contributed by atoms with Crippen molar-refractivity contribution in [1.29, 1.82) is 0 Å². The van der Waals surface area contributed by atoms with E-state index >= 15 is 0 Å². The minimum Gasteiger partial charge on any atom is -0.392 e. The zero-order valence-electron chi connectivity index (χ0n) is 7.67. The summed E-state index contributed by atoms with van der Waals surface area (Å²) in [4.78, 5) is 1.22. The largest absolute Gasteiger partial charge is 0.392 e. The summed E-state index contributed by atoms with van der Waals surface area (Å²) < 4.78 is 5.43. The molecule has 1 saturated heterocycles. The van der Waals surface area contributed by atoms with E-state index in [4.69, 9.17) is 4.74 Å². The molecule has 1 aromatic carbocycles. The number of fused-ring (bicyclic) bond motifs is 1. The van der Waals surface area contributed by atoms with E-state index in [9.17, 15) is 5.11 Å². The molecule has 0 spiro atoms. The summed E-state index contributed by atoms with van der Waals surface area (Å²) in [5.74, 6) is 0. The van der Waals surface area contributed by atoms with Crippen molar-refractivity contribution in [3.63, 3.8) is 0 Å². The number of hydrogen-bond donors (Lipinski definition) is 1. The second kappa shape index (κ2) is 3.26. The molecule has 1 aliphatic carbocycles. The molecule has 0 amide bonds. The minimum atomic E-state index is -0.191. The van der Waals surface area contributed by atoms with Crippen LogP contribution in [-0.4, -0.2) is 28.7 Å². The van der Waals surface area contributed by atoms with Crippen molar-refractivity contribution in [3.8, 4) is 0 Å². The van der Waals surface area contributed by atoms with Gasteiger partial charge >= 0.3 is 0 Å². The number of aliphatic hydroxyl groups excluding tert-OH is 1. The molecule has 14 heavy (non-hydrogen) atoms. The van der Waals surface area contributed by atoms with Crippen LogP contribution in [0.4, 0.5) is 0 Å². The van der Waals surface area contributed by atoms with Gasteiger partial charge in [0.2, 0.25) is 0 Å². The second-order valence-electron chi connectivity index (χ2n) is 3.84. The van der Waals surface area contributed by atoms with Gasteiger partial charge in [-0.2, -0.15) is 0 Å². The number of thioether (sulfide) groups is 1. The normalized spacial score (nSPS) is 39.5. The Morgan fingerprint density at radius 3 is 2.71 bits per heavy atom. The average molecular weight is 208 g/mol.